The number of methoxy groups -OCH3 is 1. The Morgan fingerprint density at radius 2 is 1.85 bits per heavy atom. The summed E-state index contributed by atoms with van der Waals surface area (Å²) >= 11 is 0. The summed E-state index contributed by atoms with van der Waals surface area (Å²) in [6.07, 6.45) is 3.85. The number of nitrogens with one attached hydrogen (secondary N) is 2. The molecule has 1 fully saturated rings. The minimum atomic E-state index is 0.656. The molecule has 0 atom stereocenters. The molecule has 1 aromatic carbocycles. The van der Waals surface area contributed by atoms with Crippen LogP contribution in [-0.2, 0) is 17.9 Å². The molecule has 1 heterocycles. The Kier molecular flexibility index (Phi) is 9.50. The van der Waals surface area contributed by atoms with E-state index in [1.807, 2.05) is 0 Å². The van der Waals surface area contributed by atoms with Crippen LogP contribution in [0, 0.1) is 5.92 Å². The molecule has 0 saturated carbocycles. The van der Waals surface area contributed by atoms with Crippen LogP contribution in [0.1, 0.15) is 44.2 Å². The van der Waals surface area contributed by atoms with Crippen LogP contribution in [0.15, 0.2) is 29.3 Å². The van der Waals surface area contributed by atoms with Crippen molar-refractivity contribution in [2.45, 2.75) is 46.3 Å². The van der Waals surface area contributed by atoms with Crippen LogP contribution < -0.4 is 10.6 Å². The lowest BCUT2D eigenvalue weighted by Gasteiger charge is -2.30. The molecule has 146 valence electrons. The summed E-state index contributed by atoms with van der Waals surface area (Å²) in [4.78, 5) is 7.29. The van der Waals surface area contributed by atoms with Gasteiger partial charge in [0.25, 0.3) is 0 Å². The summed E-state index contributed by atoms with van der Waals surface area (Å²) < 4.78 is 5.15. The van der Waals surface area contributed by atoms with Gasteiger partial charge >= 0.3 is 0 Å². The number of rotatable bonds is 9. The van der Waals surface area contributed by atoms with E-state index >= 15 is 0 Å². The Balaban J connectivity index is 1.71. The monoisotopic (exact) mass is 360 g/mol. The van der Waals surface area contributed by atoms with Crippen LogP contribution in [-0.4, -0.2) is 50.7 Å². The van der Waals surface area contributed by atoms with Gasteiger partial charge in [-0.25, -0.2) is 4.99 Å². The molecule has 0 bridgehead atoms. The third kappa shape index (κ3) is 7.75. The largest absolute Gasteiger partial charge is 0.380 e. The number of piperidine rings is 1. The molecule has 1 saturated heterocycles. The van der Waals surface area contributed by atoms with Crippen LogP contribution in [0.2, 0.25) is 0 Å². The van der Waals surface area contributed by atoms with Gasteiger partial charge in [-0.1, -0.05) is 31.2 Å². The molecule has 2 rings (SSSR count). The highest BCUT2D eigenvalue weighted by Crippen LogP contribution is 2.15. The molecule has 0 aliphatic carbocycles. The summed E-state index contributed by atoms with van der Waals surface area (Å²) in [5.41, 5.74) is 2.40. The second-order valence-electron chi connectivity index (χ2n) is 7.25. The number of nitrogens with zero attached hydrogens (tertiary/aromatic N) is 2. The summed E-state index contributed by atoms with van der Waals surface area (Å²) in [6.45, 7) is 11.3. The van der Waals surface area contributed by atoms with E-state index in [9.17, 15) is 0 Å². The molecule has 5 nitrogen and oxygen atoms in total. The first kappa shape index (κ1) is 20.7. The SMILES string of the molecule is CCNC(=NCc1ccc(COC)cc1)NCCCN1CCC(C)CC1. The highest BCUT2D eigenvalue weighted by atomic mass is 16.5. The molecule has 1 aliphatic rings. The average Bonchev–Trinajstić information content (AvgIpc) is 2.66. The zero-order valence-electron chi connectivity index (χ0n) is 16.8. The van der Waals surface area contributed by atoms with E-state index in [0.29, 0.717) is 13.2 Å². The Morgan fingerprint density at radius 3 is 2.50 bits per heavy atom. The van der Waals surface area contributed by atoms with E-state index in [1.54, 1.807) is 7.11 Å². The summed E-state index contributed by atoms with van der Waals surface area (Å²) in [7, 11) is 1.72. The van der Waals surface area contributed by atoms with Gasteiger partial charge < -0.3 is 20.3 Å². The Labute approximate surface area is 159 Å². The van der Waals surface area contributed by atoms with Gasteiger partial charge in [-0.3, -0.25) is 0 Å². The number of benzene rings is 1. The quantitative estimate of drug-likeness (QED) is 0.404. The van der Waals surface area contributed by atoms with Gasteiger partial charge in [0.2, 0.25) is 0 Å². The van der Waals surface area contributed by atoms with E-state index in [-0.39, 0.29) is 0 Å². The second-order valence-corrected chi connectivity index (χ2v) is 7.25. The molecule has 26 heavy (non-hydrogen) atoms. The van der Waals surface area contributed by atoms with Crippen molar-refractivity contribution in [2.24, 2.45) is 10.9 Å². The van der Waals surface area contributed by atoms with Crippen LogP contribution >= 0.6 is 0 Å². The topological polar surface area (TPSA) is 48.9 Å². The van der Waals surface area contributed by atoms with Gasteiger partial charge in [0.1, 0.15) is 0 Å². The van der Waals surface area contributed by atoms with Crippen molar-refractivity contribution in [1.82, 2.24) is 15.5 Å². The lowest BCUT2D eigenvalue weighted by atomic mass is 9.99. The van der Waals surface area contributed by atoms with Gasteiger partial charge in [0, 0.05) is 20.2 Å². The van der Waals surface area contributed by atoms with Gasteiger partial charge in [0.15, 0.2) is 5.96 Å². The number of hydrogen-bond donors (Lipinski definition) is 2. The second kappa shape index (κ2) is 11.9. The van der Waals surface area contributed by atoms with Crippen LogP contribution in [0.4, 0.5) is 0 Å². The zero-order valence-corrected chi connectivity index (χ0v) is 16.8. The Hall–Kier alpha value is -1.59. The minimum absolute atomic E-state index is 0.656. The van der Waals surface area contributed by atoms with Gasteiger partial charge in [0.05, 0.1) is 13.2 Å². The molecule has 1 aliphatic heterocycles. The first-order valence-electron chi connectivity index (χ1n) is 10.0. The van der Waals surface area contributed by atoms with Crippen molar-refractivity contribution in [3.05, 3.63) is 35.4 Å². The van der Waals surface area contributed by atoms with Crippen LogP contribution in [0.3, 0.4) is 0 Å². The third-order valence-corrected chi connectivity index (χ3v) is 4.92. The first-order valence-corrected chi connectivity index (χ1v) is 10.0. The Bertz CT molecular complexity index is 521. The van der Waals surface area contributed by atoms with Crippen molar-refractivity contribution in [3.8, 4) is 0 Å². The van der Waals surface area contributed by atoms with Crippen molar-refractivity contribution >= 4 is 5.96 Å². The van der Waals surface area contributed by atoms with Crippen LogP contribution in [0.25, 0.3) is 0 Å². The fourth-order valence-electron chi connectivity index (χ4n) is 3.21. The molecule has 0 radical (unpaired) electrons. The number of hydrogen-bond acceptors (Lipinski definition) is 3. The number of likely N-dealkylation sites (tertiary alicyclic amines) is 1. The fraction of sp³-hybridized carbons (Fsp3) is 0.667. The summed E-state index contributed by atoms with van der Waals surface area (Å²) in [5.74, 6) is 1.81. The fourth-order valence-corrected chi connectivity index (χ4v) is 3.21. The molecular formula is C21H36N4O. The number of aliphatic imine (C=N–C) groups is 1. The van der Waals surface area contributed by atoms with Gasteiger partial charge in [-0.05, 0) is 62.9 Å². The molecule has 0 amide bonds. The molecule has 5 heteroatoms. The maximum absolute atomic E-state index is 5.15. The zero-order chi connectivity index (χ0) is 18.6. The molecule has 0 aromatic heterocycles. The standard InChI is InChI=1S/C21H36N4O/c1-4-22-21(23-12-5-13-25-14-10-18(2)11-15-25)24-16-19-6-8-20(9-7-19)17-26-3/h6-9,18H,4-5,10-17H2,1-3H3,(H2,22,23,24). The third-order valence-electron chi connectivity index (χ3n) is 4.92. The molecular weight excluding hydrogens is 324 g/mol. The highest BCUT2D eigenvalue weighted by Gasteiger charge is 2.14. The average molecular weight is 361 g/mol. The normalized spacial score (nSPS) is 16.7. The summed E-state index contributed by atoms with van der Waals surface area (Å²) in [5, 5.41) is 6.80. The highest BCUT2D eigenvalue weighted by molar-refractivity contribution is 5.79. The van der Waals surface area contributed by atoms with E-state index in [2.05, 4.69) is 53.6 Å². The molecule has 1 aromatic rings. The maximum Gasteiger partial charge on any atom is 0.191 e. The van der Waals surface area contributed by atoms with E-state index in [4.69, 9.17) is 9.73 Å². The van der Waals surface area contributed by atoms with E-state index in [1.165, 1.54) is 43.6 Å². The van der Waals surface area contributed by atoms with Crippen molar-refractivity contribution in [3.63, 3.8) is 0 Å². The maximum atomic E-state index is 5.15. The molecule has 0 spiro atoms. The smallest absolute Gasteiger partial charge is 0.191 e. The minimum Gasteiger partial charge on any atom is -0.380 e. The summed E-state index contributed by atoms with van der Waals surface area (Å²) in [6, 6.07) is 8.46. The van der Waals surface area contributed by atoms with Crippen molar-refractivity contribution in [1.29, 1.82) is 0 Å². The van der Waals surface area contributed by atoms with Gasteiger partial charge in [-0.2, -0.15) is 0 Å². The predicted octanol–water partition coefficient (Wildman–Crippen LogP) is 3.01. The predicted molar refractivity (Wildman–Crippen MR) is 109 cm³/mol. The number of ether oxygens (including phenoxy) is 1. The molecule has 0 unspecified atom stereocenters. The van der Waals surface area contributed by atoms with Crippen molar-refractivity contribution in [2.75, 3.05) is 39.8 Å². The van der Waals surface area contributed by atoms with Gasteiger partial charge in [-0.15, -0.1) is 0 Å². The lowest BCUT2D eigenvalue weighted by molar-refractivity contribution is 0.185. The lowest BCUT2D eigenvalue weighted by Crippen LogP contribution is -2.39. The molecule has 2 N–H and O–H groups in total. The van der Waals surface area contributed by atoms with Crippen molar-refractivity contribution < 1.29 is 4.74 Å². The van der Waals surface area contributed by atoms with E-state index < -0.39 is 0 Å². The Morgan fingerprint density at radius 1 is 1.15 bits per heavy atom. The first-order chi connectivity index (χ1) is 12.7. The van der Waals surface area contributed by atoms with Crippen LogP contribution in [0.5, 0.6) is 0 Å². The number of guanidine groups is 1. The van der Waals surface area contributed by atoms with E-state index in [0.717, 1.165) is 31.4 Å².